The van der Waals surface area contributed by atoms with E-state index in [9.17, 15) is 13.2 Å². The van der Waals surface area contributed by atoms with Gasteiger partial charge in [0.1, 0.15) is 16.7 Å². The van der Waals surface area contributed by atoms with Gasteiger partial charge in [-0.15, -0.1) is 0 Å². The van der Waals surface area contributed by atoms with E-state index in [0.717, 1.165) is 5.56 Å². The lowest BCUT2D eigenvalue weighted by Crippen LogP contribution is -2.40. The number of hydrogen-bond donors (Lipinski definition) is 1. The lowest BCUT2D eigenvalue weighted by atomic mass is 9.92. The molecule has 0 saturated heterocycles. The van der Waals surface area contributed by atoms with Crippen molar-refractivity contribution in [1.29, 1.82) is 0 Å². The molecule has 0 radical (unpaired) electrons. The number of carbonyl (C=O) groups is 1. The molecule has 1 heterocycles. The van der Waals surface area contributed by atoms with Gasteiger partial charge in [-0.2, -0.15) is 8.42 Å². The Morgan fingerprint density at radius 3 is 2.55 bits per heavy atom. The first-order chi connectivity index (χ1) is 13.8. The summed E-state index contributed by atoms with van der Waals surface area (Å²) in [7, 11) is -2.41. The smallest absolute Gasteiger partial charge is 0.339 e. The number of benzene rings is 3. The van der Waals surface area contributed by atoms with Crippen LogP contribution >= 0.6 is 11.6 Å². The minimum atomic E-state index is -4.19. The zero-order chi connectivity index (χ0) is 20.8. The fourth-order valence-electron chi connectivity index (χ4n) is 3.82. The van der Waals surface area contributed by atoms with Crippen molar-refractivity contribution in [2.75, 3.05) is 13.6 Å². The minimum absolute atomic E-state index is 0.00916. The van der Waals surface area contributed by atoms with Crippen LogP contribution in [0.15, 0.2) is 59.5 Å². The Hall–Kier alpha value is -2.61. The average Bonchev–Trinajstić information content (AvgIpc) is 2.67. The molecule has 0 aliphatic carbocycles. The number of nitrogens with zero attached hydrogens (tertiary/aromatic N) is 1. The Labute approximate surface area is 174 Å². The standard InChI is InChI=1S/C21H19ClN2O4S/c1-24-12-11-13-5-2-9-17(19(13)20(24)21(23)25)28-29(26,27)18-10-4-6-14-15(18)7-3-8-16(14)22/h2-10,20H,11-12H2,1H3,(H2,23,25). The number of fused-ring (bicyclic) bond motifs is 2. The molecule has 1 aliphatic heterocycles. The van der Waals surface area contributed by atoms with Gasteiger partial charge in [0, 0.05) is 27.9 Å². The molecule has 0 bridgehead atoms. The van der Waals surface area contributed by atoms with Gasteiger partial charge < -0.3 is 9.92 Å². The average molecular weight is 431 g/mol. The van der Waals surface area contributed by atoms with E-state index in [0.29, 0.717) is 34.3 Å². The summed E-state index contributed by atoms with van der Waals surface area (Å²) in [5.41, 5.74) is 6.95. The molecular weight excluding hydrogens is 412 g/mol. The van der Waals surface area contributed by atoms with Crippen molar-refractivity contribution in [3.8, 4) is 5.75 Å². The zero-order valence-electron chi connectivity index (χ0n) is 15.6. The molecule has 0 aromatic heterocycles. The number of hydrogen-bond acceptors (Lipinski definition) is 5. The molecule has 150 valence electrons. The molecule has 1 unspecified atom stereocenters. The zero-order valence-corrected chi connectivity index (χ0v) is 17.2. The second-order valence-corrected chi connectivity index (χ2v) is 8.91. The van der Waals surface area contributed by atoms with E-state index in [1.54, 1.807) is 54.4 Å². The maximum atomic E-state index is 13.2. The van der Waals surface area contributed by atoms with Gasteiger partial charge in [0.25, 0.3) is 0 Å². The van der Waals surface area contributed by atoms with Crippen LogP contribution in [0, 0.1) is 0 Å². The molecule has 4 rings (SSSR count). The monoisotopic (exact) mass is 430 g/mol. The quantitative estimate of drug-likeness (QED) is 0.641. The molecule has 0 fully saturated rings. The number of nitrogens with two attached hydrogens (primary N) is 1. The Morgan fingerprint density at radius 1 is 1.10 bits per heavy atom. The highest BCUT2D eigenvalue weighted by Gasteiger charge is 2.33. The summed E-state index contributed by atoms with van der Waals surface area (Å²) in [5, 5.41) is 1.53. The third-order valence-corrected chi connectivity index (χ3v) is 6.79. The van der Waals surface area contributed by atoms with E-state index in [4.69, 9.17) is 21.5 Å². The van der Waals surface area contributed by atoms with Crippen molar-refractivity contribution in [2.45, 2.75) is 17.4 Å². The second kappa shape index (κ2) is 7.33. The SMILES string of the molecule is CN1CCc2cccc(OS(=O)(=O)c3cccc4c(Cl)cccc34)c2C1C(N)=O. The van der Waals surface area contributed by atoms with Crippen LogP contribution in [0.3, 0.4) is 0 Å². The van der Waals surface area contributed by atoms with Crippen LogP contribution in [-0.2, 0) is 21.3 Å². The molecule has 1 amide bonds. The van der Waals surface area contributed by atoms with E-state index in [1.807, 2.05) is 6.07 Å². The fourth-order valence-corrected chi connectivity index (χ4v) is 5.22. The van der Waals surface area contributed by atoms with Gasteiger partial charge in [0.2, 0.25) is 5.91 Å². The Balaban J connectivity index is 1.84. The van der Waals surface area contributed by atoms with Crippen LogP contribution in [0.4, 0.5) is 0 Å². The molecule has 8 heteroatoms. The van der Waals surface area contributed by atoms with Crippen molar-refractivity contribution >= 4 is 38.4 Å². The highest BCUT2D eigenvalue weighted by Crippen LogP contribution is 2.38. The van der Waals surface area contributed by atoms with E-state index in [1.165, 1.54) is 6.07 Å². The lowest BCUT2D eigenvalue weighted by molar-refractivity contribution is -0.123. The largest absolute Gasteiger partial charge is 0.379 e. The molecular formula is C21H19ClN2O4S. The van der Waals surface area contributed by atoms with Crippen LogP contribution in [0.5, 0.6) is 5.75 Å². The van der Waals surface area contributed by atoms with Gasteiger partial charge in [-0.25, -0.2) is 0 Å². The molecule has 3 aromatic rings. The molecule has 2 N–H and O–H groups in total. The normalized spacial score (nSPS) is 17.1. The van der Waals surface area contributed by atoms with Gasteiger partial charge >= 0.3 is 10.1 Å². The maximum absolute atomic E-state index is 13.2. The van der Waals surface area contributed by atoms with Crippen LogP contribution in [0.1, 0.15) is 17.2 Å². The Morgan fingerprint density at radius 2 is 1.79 bits per heavy atom. The summed E-state index contributed by atoms with van der Waals surface area (Å²) in [6.45, 7) is 0.638. The Bertz CT molecular complexity index is 1230. The number of rotatable bonds is 4. The molecule has 0 saturated carbocycles. The first-order valence-electron chi connectivity index (χ1n) is 9.02. The van der Waals surface area contributed by atoms with Crippen molar-refractivity contribution in [1.82, 2.24) is 4.90 Å². The Kier molecular flexibility index (Phi) is 4.98. The number of likely N-dealkylation sites (N-methyl/N-ethyl adjacent to an activating group) is 1. The van der Waals surface area contributed by atoms with E-state index in [-0.39, 0.29) is 10.6 Å². The predicted octanol–water partition coefficient (Wildman–Crippen LogP) is 3.28. The first kappa shape index (κ1) is 19.7. The second-order valence-electron chi connectivity index (χ2n) is 6.99. The molecule has 3 aromatic carbocycles. The van der Waals surface area contributed by atoms with Crippen molar-refractivity contribution in [3.05, 3.63) is 70.7 Å². The van der Waals surface area contributed by atoms with Gasteiger partial charge in [-0.05, 0) is 37.2 Å². The van der Waals surface area contributed by atoms with Crippen molar-refractivity contribution in [2.24, 2.45) is 5.73 Å². The third kappa shape index (κ3) is 3.46. The first-order valence-corrected chi connectivity index (χ1v) is 10.8. The predicted molar refractivity (Wildman–Crippen MR) is 111 cm³/mol. The minimum Gasteiger partial charge on any atom is -0.379 e. The molecule has 6 nitrogen and oxygen atoms in total. The summed E-state index contributed by atoms with van der Waals surface area (Å²) in [6.07, 6.45) is 0.663. The molecule has 1 aliphatic rings. The third-order valence-electron chi connectivity index (χ3n) is 5.17. The van der Waals surface area contributed by atoms with Crippen LogP contribution < -0.4 is 9.92 Å². The molecule has 0 spiro atoms. The summed E-state index contributed by atoms with van der Waals surface area (Å²) in [4.78, 5) is 13.9. The van der Waals surface area contributed by atoms with Crippen molar-refractivity contribution < 1.29 is 17.4 Å². The highest BCUT2D eigenvalue weighted by atomic mass is 35.5. The van der Waals surface area contributed by atoms with Gasteiger partial charge in [0.05, 0.1) is 0 Å². The number of amides is 1. The number of primary amides is 1. The van der Waals surface area contributed by atoms with Gasteiger partial charge in [-0.3, -0.25) is 9.69 Å². The maximum Gasteiger partial charge on any atom is 0.339 e. The summed E-state index contributed by atoms with van der Waals surface area (Å²) in [6, 6.07) is 14.3. The molecule has 1 atom stereocenters. The van der Waals surface area contributed by atoms with E-state index >= 15 is 0 Å². The lowest BCUT2D eigenvalue weighted by Gasteiger charge is -2.33. The number of halogens is 1. The summed E-state index contributed by atoms with van der Waals surface area (Å²) in [5.74, 6) is -0.448. The van der Waals surface area contributed by atoms with Crippen molar-refractivity contribution in [3.63, 3.8) is 0 Å². The highest BCUT2D eigenvalue weighted by molar-refractivity contribution is 7.87. The van der Waals surface area contributed by atoms with Crippen LogP contribution in [0.25, 0.3) is 10.8 Å². The summed E-state index contributed by atoms with van der Waals surface area (Å²) >= 11 is 6.21. The van der Waals surface area contributed by atoms with Gasteiger partial charge in [-0.1, -0.05) is 48.0 Å². The fraction of sp³-hybridized carbons (Fsp3) is 0.190. The van der Waals surface area contributed by atoms with E-state index in [2.05, 4.69) is 0 Å². The number of carbonyl (C=O) groups excluding carboxylic acids is 1. The van der Waals surface area contributed by atoms with E-state index < -0.39 is 22.1 Å². The van der Waals surface area contributed by atoms with Crippen LogP contribution in [0.2, 0.25) is 5.02 Å². The van der Waals surface area contributed by atoms with Crippen LogP contribution in [-0.4, -0.2) is 32.8 Å². The topological polar surface area (TPSA) is 89.7 Å². The van der Waals surface area contributed by atoms with Gasteiger partial charge in [0.15, 0.2) is 0 Å². The summed E-state index contributed by atoms with van der Waals surface area (Å²) < 4.78 is 31.9. The molecule has 29 heavy (non-hydrogen) atoms.